The fourth-order valence-electron chi connectivity index (χ4n) is 3.80. The number of carbonyl (C=O) groups excluding carboxylic acids is 1. The number of anilines is 3. The largest absolute Gasteiger partial charge is 0.340 e. The second kappa shape index (κ2) is 9.76. The molecule has 10 heteroatoms. The molecule has 1 aromatic heterocycles. The molecule has 1 atom stereocenters. The van der Waals surface area contributed by atoms with Crippen LogP contribution in [0.1, 0.15) is 18.4 Å². The molecule has 4 rings (SSSR count). The van der Waals surface area contributed by atoms with Crippen LogP contribution < -0.4 is 14.9 Å². The van der Waals surface area contributed by atoms with Crippen LogP contribution in [0.5, 0.6) is 0 Å². The smallest absolute Gasteiger partial charge is 0.262 e. The van der Waals surface area contributed by atoms with Crippen LogP contribution in [-0.2, 0) is 14.8 Å². The number of piperidine rings is 1. The zero-order valence-corrected chi connectivity index (χ0v) is 19.6. The highest BCUT2D eigenvalue weighted by atomic mass is 35.5. The van der Waals surface area contributed by atoms with E-state index in [0.29, 0.717) is 34.5 Å². The predicted octanol–water partition coefficient (Wildman–Crippen LogP) is 4.09. The molecule has 0 aliphatic carbocycles. The second-order valence-corrected chi connectivity index (χ2v) is 10.0. The Morgan fingerprint density at radius 3 is 2.64 bits per heavy atom. The van der Waals surface area contributed by atoms with E-state index in [1.807, 2.05) is 4.90 Å². The SMILES string of the molecule is Cc1ccc(NC(=O)C2CCCN(c3ncccn3)C2)cc1S(=O)(=O)Nc1cccc(Cl)c1. The zero-order chi connectivity index (χ0) is 23.4. The van der Waals surface area contributed by atoms with Gasteiger partial charge in [0.15, 0.2) is 0 Å². The summed E-state index contributed by atoms with van der Waals surface area (Å²) in [4.78, 5) is 23.6. The van der Waals surface area contributed by atoms with Crippen molar-refractivity contribution in [2.45, 2.75) is 24.7 Å². The molecular weight excluding hydrogens is 462 g/mol. The summed E-state index contributed by atoms with van der Waals surface area (Å²) in [5.74, 6) is 0.185. The summed E-state index contributed by atoms with van der Waals surface area (Å²) in [5, 5.41) is 3.30. The van der Waals surface area contributed by atoms with Crippen molar-refractivity contribution in [2.24, 2.45) is 5.92 Å². The second-order valence-electron chi connectivity index (χ2n) is 7.92. The van der Waals surface area contributed by atoms with Crippen LogP contribution >= 0.6 is 11.6 Å². The highest BCUT2D eigenvalue weighted by Gasteiger charge is 2.27. The van der Waals surface area contributed by atoms with Crippen molar-refractivity contribution < 1.29 is 13.2 Å². The third-order valence-corrected chi connectivity index (χ3v) is 7.21. The predicted molar refractivity (Wildman–Crippen MR) is 129 cm³/mol. The molecule has 2 aromatic carbocycles. The number of nitrogens with one attached hydrogen (secondary N) is 2. The van der Waals surface area contributed by atoms with Gasteiger partial charge in [0.1, 0.15) is 0 Å². The van der Waals surface area contributed by atoms with Crippen molar-refractivity contribution in [3.8, 4) is 0 Å². The van der Waals surface area contributed by atoms with Crippen molar-refractivity contribution in [3.63, 3.8) is 0 Å². The van der Waals surface area contributed by atoms with E-state index in [4.69, 9.17) is 11.6 Å². The van der Waals surface area contributed by atoms with Crippen LogP contribution in [0.15, 0.2) is 65.8 Å². The Morgan fingerprint density at radius 2 is 1.88 bits per heavy atom. The number of benzene rings is 2. The number of sulfonamides is 1. The van der Waals surface area contributed by atoms with Crippen molar-refractivity contribution in [1.29, 1.82) is 0 Å². The molecule has 1 unspecified atom stereocenters. The molecule has 1 fully saturated rings. The summed E-state index contributed by atoms with van der Waals surface area (Å²) < 4.78 is 28.5. The topological polar surface area (TPSA) is 104 Å². The van der Waals surface area contributed by atoms with Crippen LogP contribution in [-0.4, -0.2) is 37.4 Å². The Hall–Kier alpha value is -3.17. The Labute approximate surface area is 198 Å². The van der Waals surface area contributed by atoms with Crippen molar-refractivity contribution in [2.75, 3.05) is 28.0 Å². The lowest BCUT2D eigenvalue weighted by molar-refractivity contribution is -0.120. The van der Waals surface area contributed by atoms with E-state index in [1.54, 1.807) is 55.7 Å². The highest BCUT2D eigenvalue weighted by Crippen LogP contribution is 2.26. The minimum atomic E-state index is -3.87. The molecule has 1 saturated heterocycles. The first kappa shape index (κ1) is 23.0. The summed E-state index contributed by atoms with van der Waals surface area (Å²) in [6.07, 6.45) is 4.94. The third kappa shape index (κ3) is 5.61. The van der Waals surface area contributed by atoms with Gasteiger partial charge in [-0.15, -0.1) is 0 Å². The molecule has 0 bridgehead atoms. The Bertz CT molecular complexity index is 1250. The van der Waals surface area contributed by atoms with Crippen LogP contribution in [0.2, 0.25) is 5.02 Å². The van der Waals surface area contributed by atoms with Gasteiger partial charge in [0.25, 0.3) is 10.0 Å². The molecule has 2 heterocycles. The van der Waals surface area contributed by atoms with Gasteiger partial charge in [-0.05, 0) is 61.7 Å². The molecule has 2 N–H and O–H groups in total. The number of halogens is 1. The fourth-order valence-corrected chi connectivity index (χ4v) is 5.31. The number of hydrogen-bond acceptors (Lipinski definition) is 6. The zero-order valence-electron chi connectivity index (χ0n) is 18.0. The highest BCUT2D eigenvalue weighted by molar-refractivity contribution is 7.92. The molecule has 0 radical (unpaired) electrons. The molecule has 0 spiro atoms. The number of carbonyl (C=O) groups is 1. The van der Waals surface area contributed by atoms with Crippen molar-refractivity contribution in [1.82, 2.24) is 9.97 Å². The molecule has 1 aliphatic rings. The minimum absolute atomic E-state index is 0.0863. The van der Waals surface area contributed by atoms with Crippen LogP contribution in [0.3, 0.4) is 0 Å². The summed E-state index contributed by atoms with van der Waals surface area (Å²) in [5.41, 5.74) is 1.35. The van der Waals surface area contributed by atoms with E-state index in [2.05, 4.69) is 20.0 Å². The molecule has 172 valence electrons. The monoisotopic (exact) mass is 485 g/mol. The van der Waals surface area contributed by atoms with E-state index >= 15 is 0 Å². The lowest BCUT2D eigenvalue weighted by Crippen LogP contribution is -2.41. The fraction of sp³-hybridized carbons (Fsp3) is 0.261. The number of hydrogen-bond donors (Lipinski definition) is 2. The van der Waals surface area contributed by atoms with Crippen molar-refractivity contribution >= 4 is 44.9 Å². The first-order valence-corrected chi connectivity index (χ1v) is 12.4. The Balaban J connectivity index is 1.49. The number of nitrogens with zero attached hydrogens (tertiary/aromatic N) is 3. The molecule has 0 saturated carbocycles. The van der Waals surface area contributed by atoms with E-state index in [9.17, 15) is 13.2 Å². The number of aromatic nitrogens is 2. The molecule has 1 aliphatic heterocycles. The van der Waals surface area contributed by atoms with E-state index in [1.165, 1.54) is 12.1 Å². The van der Waals surface area contributed by atoms with Gasteiger partial charge < -0.3 is 10.2 Å². The maximum absolute atomic E-state index is 13.0. The molecular formula is C23H24ClN5O3S. The molecule has 33 heavy (non-hydrogen) atoms. The molecule has 1 amide bonds. The standard InChI is InChI=1S/C23H24ClN5O3S/c1-16-8-9-19(14-21(16)33(31,32)28-20-7-2-6-18(24)13-20)27-22(30)17-5-3-12-29(15-17)23-25-10-4-11-26-23/h2,4,6-11,13-14,17,28H,3,5,12,15H2,1H3,(H,27,30). The van der Waals surface area contributed by atoms with Gasteiger partial charge in [0.05, 0.1) is 16.5 Å². The lowest BCUT2D eigenvalue weighted by Gasteiger charge is -2.31. The first-order chi connectivity index (χ1) is 15.8. The van der Waals surface area contributed by atoms with E-state index in [0.717, 1.165) is 19.4 Å². The first-order valence-electron chi connectivity index (χ1n) is 10.5. The average Bonchev–Trinajstić information content (AvgIpc) is 2.80. The van der Waals surface area contributed by atoms with Crippen LogP contribution in [0, 0.1) is 12.8 Å². The van der Waals surface area contributed by atoms with Gasteiger partial charge in [-0.2, -0.15) is 0 Å². The number of amides is 1. The van der Waals surface area contributed by atoms with E-state index < -0.39 is 10.0 Å². The maximum atomic E-state index is 13.0. The molecule has 3 aromatic rings. The van der Waals surface area contributed by atoms with Gasteiger partial charge in [-0.3, -0.25) is 9.52 Å². The summed E-state index contributed by atoms with van der Waals surface area (Å²) in [7, 11) is -3.87. The van der Waals surface area contributed by atoms with E-state index in [-0.39, 0.29) is 16.7 Å². The normalized spacial score (nSPS) is 16.3. The van der Waals surface area contributed by atoms with Gasteiger partial charge in [-0.25, -0.2) is 18.4 Å². The summed E-state index contributed by atoms with van der Waals surface area (Å²) in [6, 6.07) is 13.1. The summed E-state index contributed by atoms with van der Waals surface area (Å²) >= 11 is 5.96. The van der Waals surface area contributed by atoms with Gasteiger partial charge >= 0.3 is 0 Å². The molecule has 8 nitrogen and oxygen atoms in total. The maximum Gasteiger partial charge on any atom is 0.262 e. The number of rotatable bonds is 6. The third-order valence-electron chi connectivity index (χ3n) is 5.45. The van der Waals surface area contributed by atoms with Crippen LogP contribution in [0.25, 0.3) is 0 Å². The Morgan fingerprint density at radius 1 is 1.09 bits per heavy atom. The lowest BCUT2D eigenvalue weighted by atomic mass is 9.97. The average molecular weight is 486 g/mol. The summed E-state index contributed by atoms with van der Waals surface area (Å²) in [6.45, 7) is 3.00. The van der Waals surface area contributed by atoms with Gasteiger partial charge in [0, 0.05) is 36.2 Å². The van der Waals surface area contributed by atoms with Crippen molar-refractivity contribution in [3.05, 3.63) is 71.5 Å². The van der Waals surface area contributed by atoms with Gasteiger partial charge in [-0.1, -0.05) is 23.7 Å². The quantitative estimate of drug-likeness (QED) is 0.544. The van der Waals surface area contributed by atoms with Crippen LogP contribution in [0.4, 0.5) is 17.3 Å². The number of aryl methyl sites for hydroxylation is 1. The minimum Gasteiger partial charge on any atom is -0.340 e. The van der Waals surface area contributed by atoms with Gasteiger partial charge in [0.2, 0.25) is 11.9 Å². The Kier molecular flexibility index (Phi) is 6.80.